The van der Waals surface area contributed by atoms with E-state index >= 15 is 0 Å². The number of benzene rings is 1. The van der Waals surface area contributed by atoms with Gasteiger partial charge in [0.15, 0.2) is 0 Å². The summed E-state index contributed by atoms with van der Waals surface area (Å²) < 4.78 is 0. The van der Waals surface area contributed by atoms with Gasteiger partial charge in [-0.15, -0.1) is 0 Å². The maximum absolute atomic E-state index is 13.4. The number of thioether (sulfide) groups is 1. The Labute approximate surface area is 233 Å². The second-order valence-electron chi connectivity index (χ2n) is 9.92. The first-order chi connectivity index (χ1) is 18.6. The lowest BCUT2D eigenvalue weighted by Gasteiger charge is -2.26. The topological polar surface area (TPSA) is 192 Å². The van der Waals surface area contributed by atoms with Crippen LogP contribution in [0.5, 0.6) is 0 Å². The third-order valence-electron chi connectivity index (χ3n) is 6.56. The van der Waals surface area contributed by atoms with Gasteiger partial charge in [0.05, 0.1) is 6.04 Å². The first kappa shape index (κ1) is 32.1. The third-order valence-corrected chi connectivity index (χ3v) is 7.20. The Hall–Kier alpha value is -3.09. The van der Waals surface area contributed by atoms with Crippen LogP contribution in [0.3, 0.4) is 0 Å². The highest BCUT2D eigenvalue weighted by Gasteiger charge is 2.31. The number of hydrogen-bond donors (Lipinski definition) is 7. The van der Waals surface area contributed by atoms with Crippen molar-refractivity contribution in [1.29, 1.82) is 0 Å². The summed E-state index contributed by atoms with van der Waals surface area (Å²) in [7, 11) is 0. The number of aromatic amines is 1. The summed E-state index contributed by atoms with van der Waals surface area (Å²) in [6, 6.07) is 3.65. The number of carbonyl (C=O) groups is 4. The molecule has 1 aromatic heterocycles. The second-order valence-corrected chi connectivity index (χ2v) is 10.9. The zero-order chi connectivity index (χ0) is 28.9. The van der Waals surface area contributed by atoms with E-state index in [0.717, 1.165) is 16.5 Å². The second kappa shape index (κ2) is 16.1. The van der Waals surface area contributed by atoms with E-state index in [-0.39, 0.29) is 18.8 Å². The smallest absolute Gasteiger partial charge is 0.326 e. The van der Waals surface area contributed by atoms with E-state index in [9.17, 15) is 24.3 Å². The molecule has 0 saturated heterocycles. The Morgan fingerprint density at radius 2 is 1.59 bits per heavy atom. The number of carboxylic acid groups (broad SMARTS) is 1. The van der Waals surface area contributed by atoms with E-state index in [1.807, 2.05) is 44.4 Å². The van der Waals surface area contributed by atoms with E-state index in [1.54, 1.807) is 6.20 Å². The number of carbonyl (C=O) groups excluding carboxylic acids is 3. The molecule has 0 aliphatic heterocycles. The normalized spacial score (nSPS) is 14.4. The summed E-state index contributed by atoms with van der Waals surface area (Å²) >= 11 is 1.52. The average Bonchev–Trinajstić information content (AvgIpc) is 3.31. The third kappa shape index (κ3) is 9.86. The van der Waals surface area contributed by atoms with Crippen LogP contribution in [-0.4, -0.2) is 76.5 Å². The molecule has 1 heterocycles. The fourth-order valence-electron chi connectivity index (χ4n) is 4.10. The number of nitrogens with two attached hydrogens (primary N) is 2. The van der Waals surface area contributed by atoms with Crippen molar-refractivity contribution >= 4 is 46.4 Å². The Morgan fingerprint density at radius 3 is 2.23 bits per heavy atom. The minimum Gasteiger partial charge on any atom is -0.480 e. The van der Waals surface area contributed by atoms with Gasteiger partial charge in [-0.1, -0.05) is 32.0 Å². The molecule has 0 spiro atoms. The number of hydrogen-bond acceptors (Lipinski definition) is 7. The van der Waals surface area contributed by atoms with E-state index in [1.165, 1.54) is 11.8 Å². The number of rotatable bonds is 17. The minimum absolute atomic E-state index is 0.116. The van der Waals surface area contributed by atoms with Gasteiger partial charge < -0.3 is 37.5 Å². The summed E-state index contributed by atoms with van der Waals surface area (Å²) in [5.41, 5.74) is 13.2. The molecule has 0 aliphatic rings. The quantitative estimate of drug-likeness (QED) is 0.139. The molecular formula is C27H42N6O5S. The molecule has 0 bridgehead atoms. The van der Waals surface area contributed by atoms with Gasteiger partial charge in [-0.2, -0.15) is 11.8 Å². The molecular weight excluding hydrogens is 520 g/mol. The van der Waals surface area contributed by atoms with Gasteiger partial charge in [0.25, 0.3) is 0 Å². The van der Waals surface area contributed by atoms with Crippen LogP contribution in [0.4, 0.5) is 0 Å². The van der Waals surface area contributed by atoms with Crippen LogP contribution in [0.15, 0.2) is 30.5 Å². The van der Waals surface area contributed by atoms with Crippen LogP contribution in [0.1, 0.15) is 45.1 Å². The largest absolute Gasteiger partial charge is 0.480 e. The standard InChI is InChI=1S/C27H42N6O5S/c1-16(2)23(29)26(36)31-20(11-13-39-3)24(34)33-22(14-17-15-30-19-9-5-4-8-18(17)19)25(35)32-21(27(37)38)10-6-7-12-28/h4-5,8-9,15-16,20-23,30H,6-7,10-14,28-29H2,1-3H3,(H,31,36)(H,32,35)(H,33,34)(H,37,38). The van der Waals surface area contributed by atoms with Crippen LogP contribution < -0.4 is 27.4 Å². The van der Waals surface area contributed by atoms with E-state index in [2.05, 4.69) is 20.9 Å². The Kier molecular flexibility index (Phi) is 13.3. The summed E-state index contributed by atoms with van der Waals surface area (Å²) in [5, 5.41) is 18.6. The molecule has 2 rings (SSSR count). The van der Waals surface area contributed by atoms with E-state index in [0.29, 0.717) is 31.6 Å². The number of amides is 3. The number of H-pyrrole nitrogens is 1. The van der Waals surface area contributed by atoms with Crippen molar-refractivity contribution in [2.75, 3.05) is 18.6 Å². The molecule has 2 aromatic rings. The number of nitrogens with one attached hydrogen (secondary N) is 4. The Morgan fingerprint density at radius 1 is 0.949 bits per heavy atom. The predicted molar refractivity (Wildman–Crippen MR) is 154 cm³/mol. The first-order valence-corrected chi connectivity index (χ1v) is 14.6. The molecule has 0 saturated carbocycles. The summed E-state index contributed by atoms with van der Waals surface area (Å²) in [6.07, 6.45) is 5.48. The SMILES string of the molecule is CSCCC(NC(=O)C(N)C(C)C)C(=O)NC(Cc1c[nH]c2ccccc12)C(=O)NC(CCCCN)C(=O)O. The molecule has 9 N–H and O–H groups in total. The molecule has 216 valence electrons. The van der Waals surface area contributed by atoms with E-state index < -0.39 is 47.9 Å². The molecule has 1 aromatic carbocycles. The van der Waals surface area contributed by atoms with Gasteiger partial charge in [0.2, 0.25) is 17.7 Å². The summed E-state index contributed by atoms with van der Waals surface area (Å²) in [5.74, 6) is -2.30. The predicted octanol–water partition coefficient (Wildman–Crippen LogP) is 1.11. The lowest BCUT2D eigenvalue weighted by molar-refractivity contribution is -0.142. The lowest BCUT2D eigenvalue weighted by Crippen LogP contribution is -2.58. The zero-order valence-corrected chi connectivity index (χ0v) is 23.7. The molecule has 12 heteroatoms. The van der Waals surface area contributed by atoms with Crippen molar-refractivity contribution in [3.8, 4) is 0 Å². The van der Waals surface area contributed by atoms with E-state index in [4.69, 9.17) is 11.5 Å². The average molecular weight is 563 g/mol. The molecule has 4 atom stereocenters. The molecule has 0 radical (unpaired) electrons. The van der Waals surface area contributed by atoms with Crippen LogP contribution >= 0.6 is 11.8 Å². The van der Waals surface area contributed by atoms with Gasteiger partial charge in [0.1, 0.15) is 18.1 Å². The first-order valence-electron chi connectivity index (χ1n) is 13.2. The maximum atomic E-state index is 13.4. The number of carboxylic acids is 1. The van der Waals surface area contributed by atoms with Crippen LogP contribution in [-0.2, 0) is 25.6 Å². The highest BCUT2D eigenvalue weighted by atomic mass is 32.2. The number of aromatic nitrogens is 1. The highest BCUT2D eigenvalue weighted by Crippen LogP contribution is 2.19. The summed E-state index contributed by atoms with van der Waals surface area (Å²) in [6.45, 7) is 4.05. The number of unbranched alkanes of at least 4 members (excludes halogenated alkanes) is 1. The van der Waals surface area contributed by atoms with Crippen molar-refractivity contribution < 1.29 is 24.3 Å². The zero-order valence-electron chi connectivity index (χ0n) is 22.9. The summed E-state index contributed by atoms with van der Waals surface area (Å²) in [4.78, 5) is 54.5. The van der Waals surface area contributed by atoms with Crippen molar-refractivity contribution in [3.05, 3.63) is 36.0 Å². The number of fused-ring (bicyclic) bond motifs is 1. The fourth-order valence-corrected chi connectivity index (χ4v) is 4.57. The lowest BCUT2D eigenvalue weighted by atomic mass is 10.0. The molecule has 3 amide bonds. The monoisotopic (exact) mass is 562 g/mol. The van der Waals surface area contributed by atoms with Crippen molar-refractivity contribution in [2.24, 2.45) is 17.4 Å². The number of aliphatic carboxylic acids is 1. The molecule has 0 aliphatic carbocycles. The van der Waals surface area contributed by atoms with Gasteiger partial charge in [-0.3, -0.25) is 14.4 Å². The maximum Gasteiger partial charge on any atom is 0.326 e. The van der Waals surface area contributed by atoms with Crippen molar-refractivity contribution in [3.63, 3.8) is 0 Å². The van der Waals surface area contributed by atoms with Gasteiger partial charge >= 0.3 is 5.97 Å². The van der Waals surface area contributed by atoms with Crippen molar-refractivity contribution in [1.82, 2.24) is 20.9 Å². The van der Waals surface area contributed by atoms with Gasteiger partial charge in [-0.25, -0.2) is 4.79 Å². The molecule has 39 heavy (non-hydrogen) atoms. The van der Waals surface area contributed by atoms with Crippen LogP contribution in [0.25, 0.3) is 10.9 Å². The van der Waals surface area contributed by atoms with Gasteiger partial charge in [0, 0.05) is 23.5 Å². The Bertz CT molecular complexity index is 1110. The highest BCUT2D eigenvalue weighted by molar-refractivity contribution is 7.98. The number of para-hydroxylation sites is 1. The molecule has 0 fully saturated rings. The molecule has 11 nitrogen and oxygen atoms in total. The fraction of sp³-hybridized carbons (Fsp3) is 0.556. The minimum atomic E-state index is -1.16. The van der Waals surface area contributed by atoms with Gasteiger partial charge in [-0.05, 0) is 61.8 Å². The Balaban J connectivity index is 2.30. The molecule has 4 unspecified atom stereocenters. The van der Waals surface area contributed by atoms with Crippen molar-refractivity contribution in [2.45, 2.75) is 70.1 Å². The van der Waals surface area contributed by atoms with Crippen LogP contribution in [0, 0.1) is 5.92 Å². The van der Waals surface area contributed by atoms with Crippen LogP contribution in [0.2, 0.25) is 0 Å².